The van der Waals surface area contributed by atoms with Crippen LogP contribution < -0.4 is 5.73 Å². The summed E-state index contributed by atoms with van der Waals surface area (Å²) in [6.07, 6.45) is 0. The number of carbonyl (C=O) groups is 1. The number of hydrogen-bond donors (Lipinski definition) is 1. The van der Waals surface area contributed by atoms with E-state index in [1.165, 1.54) is 22.7 Å². The molecule has 0 aliphatic rings. The third-order valence-electron chi connectivity index (χ3n) is 1.65. The van der Waals surface area contributed by atoms with Gasteiger partial charge in [-0.15, -0.1) is 21.5 Å². The monoisotopic (exact) mass is 225 g/mol. The Balaban J connectivity index is 2.51. The molecule has 14 heavy (non-hydrogen) atoms. The number of primary amides is 1. The first kappa shape index (κ1) is 9.29. The number of amides is 1. The Morgan fingerprint density at radius 2 is 2.29 bits per heavy atom. The summed E-state index contributed by atoms with van der Waals surface area (Å²) >= 11 is 2.78. The van der Waals surface area contributed by atoms with Crippen LogP contribution in [0.1, 0.15) is 14.7 Å². The molecule has 0 fully saturated rings. The van der Waals surface area contributed by atoms with Gasteiger partial charge >= 0.3 is 0 Å². The lowest BCUT2D eigenvalue weighted by Gasteiger charge is -1.93. The minimum absolute atomic E-state index is 0.414. The van der Waals surface area contributed by atoms with Crippen LogP contribution >= 0.6 is 22.7 Å². The Bertz CT molecular complexity index is 474. The molecule has 2 aromatic rings. The summed E-state index contributed by atoms with van der Waals surface area (Å²) in [7, 11) is 0. The molecule has 2 heterocycles. The van der Waals surface area contributed by atoms with E-state index in [9.17, 15) is 4.79 Å². The van der Waals surface area contributed by atoms with Crippen LogP contribution in [0.25, 0.3) is 10.6 Å². The fraction of sp³-hybridized carbons (Fsp3) is 0.125. The zero-order valence-corrected chi connectivity index (χ0v) is 8.98. The van der Waals surface area contributed by atoms with E-state index in [-0.39, 0.29) is 0 Å². The first-order valence-electron chi connectivity index (χ1n) is 3.86. The Labute approximate surface area is 88.4 Å². The molecule has 0 atom stereocenters. The summed E-state index contributed by atoms with van der Waals surface area (Å²) in [5, 5.41) is 11.3. The van der Waals surface area contributed by atoms with E-state index in [2.05, 4.69) is 10.2 Å². The van der Waals surface area contributed by atoms with Crippen molar-refractivity contribution < 1.29 is 4.79 Å². The normalized spacial score (nSPS) is 10.4. The van der Waals surface area contributed by atoms with Crippen LogP contribution in [0.3, 0.4) is 0 Å². The lowest BCUT2D eigenvalue weighted by Crippen LogP contribution is -2.09. The molecule has 0 aliphatic carbocycles. The Morgan fingerprint density at radius 3 is 2.86 bits per heavy atom. The Morgan fingerprint density at radius 1 is 1.50 bits per heavy atom. The number of nitrogens with two attached hydrogens (primary N) is 1. The second-order valence-corrected chi connectivity index (χ2v) is 4.75. The smallest absolute Gasteiger partial charge is 0.259 e. The van der Waals surface area contributed by atoms with Crippen LogP contribution in [0.5, 0.6) is 0 Å². The van der Waals surface area contributed by atoms with Crippen LogP contribution in [0.4, 0.5) is 0 Å². The molecule has 4 nitrogen and oxygen atoms in total. The van der Waals surface area contributed by atoms with Crippen molar-refractivity contribution in [2.45, 2.75) is 6.92 Å². The zero-order valence-electron chi connectivity index (χ0n) is 7.35. The number of rotatable bonds is 2. The number of thiophene rings is 1. The molecule has 0 bridgehead atoms. The van der Waals surface area contributed by atoms with Gasteiger partial charge in [-0.05, 0) is 18.4 Å². The first-order valence-corrected chi connectivity index (χ1v) is 5.56. The average molecular weight is 225 g/mol. The van der Waals surface area contributed by atoms with Crippen LogP contribution in [-0.2, 0) is 0 Å². The third-order valence-corrected chi connectivity index (χ3v) is 3.45. The summed E-state index contributed by atoms with van der Waals surface area (Å²) in [4.78, 5) is 11.6. The third kappa shape index (κ3) is 1.53. The highest BCUT2D eigenvalue weighted by Crippen LogP contribution is 2.29. The van der Waals surface area contributed by atoms with Gasteiger partial charge in [0.1, 0.15) is 14.9 Å². The molecule has 6 heteroatoms. The van der Waals surface area contributed by atoms with Crippen molar-refractivity contribution >= 4 is 28.6 Å². The largest absolute Gasteiger partial charge is 0.365 e. The second kappa shape index (κ2) is 3.47. The highest BCUT2D eigenvalue weighted by Gasteiger charge is 2.14. The van der Waals surface area contributed by atoms with E-state index in [1.54, 1.807) is 0 Å². The molecular formula is C8H7N3OS2. The van der Waals surface area contributed by atoms with E-state index in [0.717, 1.165) is 15.6 Å². The fourth-order valence-electron chi connectivity index (χ4n) is 1.07. The molecule has 2 aromatic heterocycles. The van der Waals surface area contributed by atoms with Crippen LogP contribution in [0.2, 0.25) is 0 Å². The SMILES string of the molecule is Cc1nnc(-c2ccsc2C(N)=O)s1. The van der Waals surface area contributed by atoms with Crippen molar-refractivity contribution in [2.24, 2.45) is 5.73 Å². The maximum atomic E-state index is 11.1. The highest BCUT2D eigenvalue weighted by molar-refractivity contribution is 7.16. The van der Waals surface area contributed by atoms with Gasteiger partial charge in [0.2, 0.25) is 0 Å². The summed E-state index contributed by atoms with van der Waals surface area (Å²) in [6, 6.07) is 1.84. The zero-order chi connectivity index (χ0) is 10.1. The van der Waals surface area contributed by atoms with Crippen molar-refractivity contribution in [3.63, 3.8) is 0 Å². The van der Waals surface area contributed by atoms with Crippen molar-refractivity contribution in [1.82, 2.24) is 10.2 Å². The van der Waals surface area contributed by atoms with E-state index >= 15 is 0 Å². The van der Waals surface area contributed by atoms with E-state index in [4.69, 9.17) is 5.73 Å². The van der Waals surface area contributed by atoms with Gasteiger partial charge in [-0.25, -0.2) is 0 Å². The van der Waals surface area contributed by atoms with Crippen molar-refractivity contribution in [3.8, 4) is 10.6 Å². The van der Waals surface area contributed by atoms with Gasteiger partial charge < -0.3 is 5.73 Å². The fourth-order valence-corrected chi connectivity index (χ4v) is 2.61. The maximum Gasteiger partial charge on any atom is 0.259 e. The number of aryl methyl sites for hydroxylation is 1. The first-order chi connectivity index (χ1) is 6.68. The number of aromatic nitrogens is 2. The van der Waals surface area contributed by atoms with Gasteiger partial charge in [0.05, 0.1) is 0 Å². The molecule has 2 N–H and O–H groups in total. The average Bonchev–Trinajstić information content (AvgIpc) is 2.70. The van der Waals surface area contributed by atoms with Gasteiger partial charge in [-0.2, -0.15) is 0 Å². The molecular weight excluding hydrogens is 218 g/mol. The summed E-state index contributed by atoms with van der Waals surface area (Å²) in [6.45, 7) is 1.87. The molecule has 72 valence electrons. The molecule has 0 aliphatic heterocycles. The quantitative estimate of drug-likeness (QED) is 0.845. The number of hydrogen-bond acceptors (Lipinski definition) is 5. The summed E-state index contributed by atoms with van der Waals surface area (Å²) < 4.78 is 0. The van der Waals surface area contributed by atoms with Gasteiger partial charge in [0.25, 0.3) is 5.91 Å². The lowest BCUT2D eigenvalue weighted by molar-refractivity contribution is 0.100. The van der Waals surface area contributed by atoms with E-state index < -0.39 is 5.91 Å². The lowest BCUT2D eigenvalue weighted by atomic mass is 10.2. The van der Waals surface area contributed by atoms with E-state index in [0.29, 0.717) is 4.88 Å². The minimum atomic E-state index is -0.414. The number of carbonyl (C=O) groups excluding carboxylic acids is 1. The van der Waals surface area contributed by atoms with Gasteiger partial charge in [-0.1, -0.05) is 11.3 Å². The van der Waals surface area contributed by atoms with Crippen LogP contribution in [-0.4, -0.2) is 16.1 Å². The number of nitrogens with zero attached hydrogens (tertiary/aromatic N) is 2. The van der Waals surface area contributed by atoms with Crippen molar-refractivity contribution in [3.05, 3.63) is 21.3 Å². The molecule has 0 saturated heterocycles. The molecule has 0 spiro atoms. The summed E-state index contributed by atoms with van der Waals surface area (Å²) in [5.41, 5.74) is 6.02. The minimum Gasteiger partial charge on any atom is -0.365 e. The Kier molecular flexibility index (Phi) is 2.30. The Hall–Kier alpha value is -1.27. The van der Waals surface area contributed by atoms with Crippen LogP contribution in [0.15, 0.2) is 11.4 Å². The molecule has 0 unspecified atom stereocenters. The predicted molar refractivity (Wildman–Crippen MR) is 56.5 cm³/mol. The maximum absolute atomic E-state index is 11.1. The highest BCUT2D eigenvalue weighted by atomic mass is 32.1. The predicted octanol–water partition coefficient (Wildman–Crippen LogP) is 1.67. The molecule has 0 radical (unpaired) electrons. The summed E-state index contributed by atoms with van der Waals surface area (Å²) in [5.74, 6) is -0.414. The standard InChI is InChI=1S/C8H7N3OS2/c1-4-10-11-8(14-4)5-2-3-13-6(5)7(9)12/h2-3H,1H3,(H2,9,12). The van der Waals surface area contributed by atoms with Crippen LogP contribution in [0, 0.1) is 6.92 Å². The molecule has 1 amide bonds. The van der Waals surface area contributed by atoms with E-state index in [1.807, 2.05) is 18.4 Å². The van der Waals surface area contributed by atoms with Gasteiger partial charge in [-0.3, -0.25) is 4.79 Å². The topological polar surface area (TPSA) is 68.9 Å². The second-order valence-electron chi connectivity index (χ2n) is 2.65. The van der Waals surface area contributed by atoms with Gasteiger partial charge in [0, 0.05) is 5.56 Å². The van der Waals surface area contributed by atoms with Gasteiger partial charge in [0.15, 0.2) is 0 Å². The molecule has 0 saturated carbocycles. The van der Waals surface area contributed by atoms with Crippen molar-refractivity contribution in [2.75, 3.05) is 0 Å². The molecule has 2 rings (SSSR count). The molecule has 0 aromatic carbocycles. The van der Waals surface area contributed by atoms with Crippen molar-refractivity contribution in [1.29, 1.82) is 0 Å².